The fourth-order valence-corrected chi connectivity index (χ4v) is 3.18. The number of hydrogen-bond acceptors (Lipinski definition) is 10. The number of carbonyl (C=O) groups excluding carboxylic acids is 1. The number of amides is 1. The number of halogens is 1. The van der Waals surface area contributed by atoms with E-state index < -0.39 is 42.7 Å². The topological polar surface area (TPSA) is 182 Å². The monoisotopic (exact) mass is 480 g/mol. The van der Waals surface area contributed by atoms with E-state index in [0.29, 0.717) is 5.82 Å². The largest absolute Gasteiger partial charge is 0.479 e. The first-order chi connectivity index (χ1) is 16.2. The molecule has 1 aliphatic rings. The quantitative estimate of drug-likeness (QED) is 0.282. The molecule has 0 spiro atoms. The highest BCUT2D eigenvalue weighted by molar-refractivity contribution is 5.89. The second kappa shape index (κ2) is 11.1. The number of ether oxygens (including phenoxy) is 2. The van der Waals surface area contributed by atoms with Crippen molar-refractivity contribution in [2.75, 3.05) is 22.6 Å². The summed E-state index contributed by atoms with van der Waals surface area (Å²) in [5, 5.41) is 47.6. The van der Waals surface area contributed by atoms with Crippen molar-refractivity contribution in [1.29, 1.82) is 0 Å². The fraction of sp³-hybridized carbons (Fsp3) is 0.381. The Morgan fingerprint density at radius 2 is 1.79 bits per heavy atom. The predicted molar refractivity (Wildman–Crippen MR) is 117 cm³/mol. The molecule has 2 heterocycles. The van der Waals surface area contributed by atoms with Crippen molar-refractivity contribution in [3.63, 3.8) is 0 Å². The van der Waals surface area contributed by atoms with Crippen LogP contribution in [0.1, 0.15) is 12.5 Å². The Kier molecular flexibility index (Phi) is 8.17. The molecule has 1 aliphatic heterocycles. The van der Waals surface area contributed by atoms with Crippen molar-refractivity contribution < 1.29 is 43.9 Å². The van der Waals surface area contributed by atoms with Crippen molar-refractivity contribution in [2.24, 2.45) is 0 Å². The molecule has 0 radical (unpaired) electrons. The summed E-state index contributed by atoms with van der Waals surface area (Å²) in [5.74, 6) is -1.66. The molecule has 12 nitrogen and oxygen atoms in total. The zero-order chi connectivity index (χ0) is 24.8. The van der Waals surface area contributed by atoms with Crippen molar-refractivity contribution in [3.05, 3.63) is 47.8 Å². The van der Waals surface area contributed by atoms with Crippen molar-refractivity contribution in [2.45, 2.75) is 44.1 Å². The summed E-state index contributed by atoms with van der Waals surface area (Å²) >= 11 is 0. The van der Waals surface area contributed by atoms with Crippen molar-refractivity contribution in [1.82, 2.24) is 4.98 Å². The maximum absolute atomic E-state index is 13.1. The van der Waals surface area contributed by atoms with Gasteiger partial charge in [0.15, 0.2) is 18.1 Å². The minimum atomic E-state index is -1.86. The number of benzene rings is 1. The molecular formula is C21H25FN4O8. The van der Waals surface area contributed by atoms with Gasteiger partial charge in [-0.1, -0.05) is 12.1 Å². The lowest BCUT2D eigenvalue weighted by Gasteiger charge is -2.39. The molecule has 0 saturated carbocycles. The van der Waals surface area contributed by atoms with E-state index in [1.807, 2.05) is 0 Å². The number of carbonyl (C=O) groups is 2. The highest BCUT2D eigenvalue weighted by atomic mass is 19.1. The molecule has 3 rings (SSSR count). The van der Waals surface area contributed by atoms with Gasteiger partial charge in [-0.3, -0.25) is 5.32 Å². The van der Waals surface area contributed by atoms with Gasteiger partial charge in [-0.15, -0.1) is 0 Å². The number of rotatable bonds is 8. The Morgan fingerprint density at radius 3 is 2.44 bits per heavy atom. The summed E-state index contributed by atoms with van der Waals surface area (Å²) in [6.45, 7) is 2.00. The molecular weight excluding hydrogens is 455 g/mol. The maximum atomic E-state index is 13.1. The normalized spacial score (nSPS) is 24.2. The van der Waals surface area contributed by atoms with Crippen molar-refractivity contribution >= 4 is 29.4 Å². The van der Waals surface area contributed by atoms with Gasteiger partial charge in [0, 0.05) is 6.54 Å². The van der Waals surface area contributed by atoms with Crippen LogP contribution < -0.4 is 16.0 Å². The summed E-state index contributed by atoms with van der Waals surface area (Å²) < 4.78 is 23.2. The number of anilines is 3. The van der Waals surface area contributed by atoms with Gasteiger partial charge in [-0.05, 0) is 36.8 Å². The van der Waals surface area contributed by atoms with Crippen LogP contribution in [-0.4, -0.2) is 74.7 Å². The molecule has 34 heavy (non-hydrogen) atoms. The van der Waals surface area contributed by atoms with E-state index in [1.165, 1.54) is 24.3 Å². The standard InChI is InChI=1S/C21H25FN4O8/c1-2-33-21(32)24-12-7-8-13(23-9-10-3-5-11(22)6-4-10)25-18(12)26-19-16(29)14(27)15(28)17(34-19)20(30)31/h3-8,14-17,19,27-29H,2,9H2,1H3,(H,24,32)(H,30,31)(H2,23,25,26). The molecule has 13 heteroatoms. The lowest BCUT2D eigenvalue weighted by Crippen LogP contribution is -2.61. The van der Waals surface area contributed by atoms with Gasteiger partial charge in [-0.25, -0.2) is 19.0 Å². The van der Waals surface area contributed by atoms with Crippen LogP contribution in [-0.2, 0) is 20.8 Å². The molecule has 0 bridgehead atoms. The highest BCUT2D eigenvalue weighted by Crippen LogP contribution is 2.28. The Labute approximate surface area is 193 Å². The molecule has 1 saturated heterocycles. The predicted octanol–water partition coefficient (Wildman–Crippen LogP) is 0.705. The number of aliphatic hydroxyl groups is 3. The molecule has 2 aromatic rings. The number of nitrogens with zero attached hydrogens (tertiary/aromatic N) is 1. The number of aromatic nitrogens is 1. The third-order valence-electron chi connectivity index (χ3n) is 4.93. The summed E-state index contributed by atoms with van der Waals surface area (Å²) in [6.07, 6.45) is -9.52. The van der Waals surface area contributed by atoms with Crippen LogP contribution in [0.25, 0.3) is 0 Å². The van der Waals surface area contributed by atoms with Gasteiger partial charge in [0.1, 0.15) is 29.9 Å². The summed E-state index contributed by atoms with van der Waals surface area (Å²) in [7, 11) is 0. The third kappa shape index (κ3) is 6.08. The summed E-state index contributed by atoms with van der Waals surface area (Å²) in [4.78, 5) is 27.6. The van der Waals surface area contributed by atoms with Gasteiger partial charge in [0.2, 0.25) is 0 Å². The maximum Gasteiger partial charge on any atom is 0.411 e. The van der Waals surface area contributed by atoms with Gasteiger partial charge in [0.25, 0.3) is 0 Å². The zero-order valence-corrected chi connectivity index (χ0v) is 18.0. The Balaban J connectivity index is 1.83. The van der Waals surface area contributed by atoms with Crippen LogP contribution in [0.3, 0.4) is 0 Å². The number of aliphatic hydroxyl groups excluding tert-OH is 3. The van der Waals surface area contributed by atoms with Crippen LogP contribution in [0.15, 0.2) is 36.4 Å². The molecule has 184 valence electrons. The smallest absolute Gasteiger partial charge is 0.411 e. The molecule has 5 unspecified atom stereocenters. The third-order valence-corrected chi connectivity index (χ3v) is 4.93. The first-order valence-corrected chi connectivity index (χ1v) is 10.3. The van der Waals surface area contributed by atoms with E-state index in [2.05, 4.69) is 20.9 Å². The number of hydrogen-bond donors (Lipinski definition) is 7. The lowest BCUT2D eigenvalue weighted by atomic mass is 9.98. The number of carboxylic acid groups (broad SMARTS) is 1. The van der Waals surface area contributed by atoms with Gasteiger partial charge in [0.05, 0.1) is 12.3 Å². The average molecular weight is 480 g/mol. The van der Waals surface area contributed by atoms with Crippen LogP contribution in [0, 0.1) is 5.82 Å². The molecule has 1 fully saturated rings. The Morgan fingerprint density at radius 1 is 1.09 bits per heavy atom. The number of nitrogens with one attached hydrogen (secondary N) is 3. The van der Waals surface area contributed by atoms with E-state index in [4.69, 9.17) is 9.47 Å². The second-order valence-corrected chi connectivity index (χ2v) is 7.35. The summed E-state index contributed by atoms with van der Waals surface area (Å²) in [6, 6.07) is 8.79. The fourth-order valence-electron chi connectivity index (χ4n) is 3.18. The number of pyridine rings is 1. The van der Waals surface area contributed by atoms with Crippen LogP contribution in [0.4, 0.5) is 26.5 Å². The second-order valence-electron chi connectivity index (χ2n) is 7.35. The van der Waals surface area contributed by atoms with Crippen molar-refractivity contribution in [3.8, 4) is 0 Å². The minimum Gasteiger partial charge on any atom is -0.479 e. The number of aliphatic carboxylic acids is 1. The minimum absolute atomic E-state index is 0.0473. The molecule has 1 aromatic heterocycles. The molecule has 1 aromatic carbocycles. The Hall–Kier alpha value is -3.52. The molecule has 5 atom stereocenters. The lowest BCUT2D eigenvalue weighted by molar-refractivity contribution is -0.221. The van der Waals surface area contributed by atoms with E-state index in [1.54, 1.807) is 19.1 Å². The average Bonchev–Trinajstić information content (AvgIpc) is 2.80. The Bertz CT molecular complexity index is 1010. The number of carboxylic acids is 1. The van der Waals surface area contributed by atoms with Gasteiger partial charge >= 0.3 is 12.1 Å². The highest BCUT2D eigenvalue weighted by Gasteiger charge is 2.47. The van der Waals surface area contributed by atoms with Crippen LogP contribution in [0.5, 0.6) is 0 Å². The zero-order valence-electron chi connectivity index (χ0n) is 18.0. The van der Waals surface area contributed by atoms with Gasteiger partial charge in [-0.2, -0.15) is 0 Å². The first kappa shape index (κ1) is 25.1. The van der Waals surface area contributed by atoms with Crippen LogP contribution in [0.2, 0.25) is 0 Å². The van der Waals surface area contributed by atoms with E-state index >= 15 is 0 Å². The molecule has 0 aliphatic carbocycles. The van der Waals surface area contributed by atoms with E-state index in [9.17, 15) is 34.4 Å². The SMILES string of the molecule is CCOC(=O)Nc1ccc(NCc2ccc(F)cc2)nc1NC1OC(C(=O)O)C(O)C(O)C1O. The molecule has 7 N–H and O–H groups in total. The van der Waals surface area contributed by atoms with E-state index in [0.717, 1.165) is 5.56 Å². The molecule has 1 amide bonds. The van der Waals surface area contributed by atoms with Gasteiger partial charge < -0.3 is 40.5 Å². The van der Waals surface area contributed by atoms with E-state index in [-0.39, 0.29) is 30.5 Å². The summed E-state index contributed by atoms with van der Waals surface area (Å²) in [5.41, 5.74) is 0.868. The van der Waals surface area contributed by atoms with Crippen LogP contribution >= 0.6 is 0 Å². The first-order valence-electron chi connectivity index (χ1n) is 10.3.